The molecule has 0 aliphatic carbocycles. The minimum atomic E-state index is -1.09. The van der Waals surface area contributed by atoms with E-state index in [0.717, 1.165) is 5.39 Å². The summed E-state index contributed by atoms with van der Waals surface area (Å²) < 4.78 is 0. The first-order chi connectivity index (χ1) is 13.5. The molecule has 2 heterocycles. The number of benzene rings is 2. The number of hydroxylamine groups is 2. The first-order valence-corrected chi connectivity index (χ1v) is 8.39. The predicted molar refractivity (Wildman–Crippen MR) is 96.1 cm³/mol. The van der Waals surface area contributed by atoms with Gasteiger partial charge in [0.05, 0.1) is 22.8 Å². The van der Waals surface area contributed by atoms with Crippen LogP contribution in [0.3, 0.4) is 0 Å². The van der Waals surface area contributed by atoms with Crippen LogP contribution in [0.1, 0.15) is 38.0 Å². The molecule has 0 spiro atoms. The Bertz CT molecular complexity index is 1100. The number of rotatable bonds is 4. The van der Waals surface area contributed by atoms with Crippen LogP contribution in [0.4, 0.5) is 0 Å². The molecule has 1 aliphatic heterocycles. The maximum absolute atomic E-state index is 12.4. The van der Waals surface area contributed by atoms with Crippen LogP contribution in [0.2, 0.25) is 0 Å². The van der Waals surface area contributed by atoms with E-state index in [1.54, 1.807) is 36.5 Å². The van der Waals surface area contributed by atoms with Gasteiger partial charge >= 0.3 is 5.97 Å². The standard InChI is InChI=1S/C19H14N4O5/c1-10(21-16(24)11-6-7-12-9-20-22-15(12)8-11)19(27)28-23-17(25)13-4-2-3-5-14(13)18(23)26/h2-10H,1H3,(H,20,22)(H,21,24). The fraction of sp³-hybridized carbons (Fsp3) is 0.105. The van der Waals surface area contributed by atoms with E-state index in [4.69, 9.17) is 4.84 Å². The molecular formula is C19H14N4O5. The topological polar surface area (TPSA) is 121 Å². The van der Waals surface area contributed by atoms with Gasteiger partial charge in [-0.05, 0) is 31.2 Å². The first kappa shape index (κ1) is 17.4. The van der Waals surface area contributed by atoms with Crippen molar-refractivity contribution >= 4 is 34.6 Å². The molecule has 9 heteroatoms. The third-order valence-electron chi connectivity index (χ3n) is 4.34. The average Bonchev–Trinajstić information content (AvgIpc) is 3.26. The number of amides is 3. The molecule has 2 N–H and O–H groups in total. The fourth-order valence-corrected chi connectivity index (χ4v) is 2.84. The predicted octanol–water partition coefficient (Wildman–Crippen LogP) is 1.44. The van der Waals surface area contributed by atoms with Gasteiger partial charge < -0.3 is 10.2 Å². The molecule has 2 aromatic carbocycles. The summed E-state index contributed by atoms with van der Waals surface area (Å²) in [6.07, 6.45) is 1.62. The molecule has 1 atom stereocenters. The summed E-state index contributed by atoms with van der Waals surface area (Å²) in [6, 6.07) is 9.98. The maximum atomic E-state index is 12.4. The number of imide groups is 1. The van der Waals surface area contributed by atoms with E-state index in [1.165, 1.54) is 19.1 Å². The number of hydrogen-bond donors (Lipinski definition) is 2. The van der Waals surface area contributed by atoms with Crippen molar-refractivity contribution in [1.29, 1.82) is 0 Å². The van der Waals surface area contributed by atoms with Crippen LogP contribution >= 0.6 is 0 Å². The number of aromatic nitrogens is 2. The molecule has 0 bridgehead atoms. The Hall–Kier alpha value is -4.01. The third-order valence-corrected chi connectivity index (χ3v) is 4.34. The second-order valence-electron chi connectivity index (χ2n) is 6.23. The second kappa shape index (κ2) is 6.62. The van der Waals surface area contributed by atoms with E-state index >= 15 is 0 Å². The zero-order valence-electron chi connectivity index (χ0n) is 14.6. The molecule has 0 saturated heterocycles. The largest absolute Gasteiger partial charge is 0.354 e. The highest BCUT2D eigenvalue weighted by Crippen LogP contribution is 2.22. The molecular weight excluding hydrogens is 364 g/mol. The van der Waals surface area contributed by atoms with Crippen LogP contribution in [0.5, 0.6) is 0 Å². The fourth-order valence-electron chi connectivity index (χ4n) is 2.84. The Morgan fingerprint density at radius 1 is 1.11 bits per heavy atom. The van der Waals surface area contributed by atoms with Crippen LogP contribution in [-0.4, -0.2) is 45.0 Å². The van der Waals surface area contributed by atoms with E-state index in [-0.39, 0.29) is 11.1 Å². The molecule has 1 aliphatic rings. The van der Waals surface area contributed by atoms with Crippen LogP contribution in [0.25, 0.3) is 10.9 Å². The lowest BCUT2D eigenvalue weighted by molar-refractivity contribution is -0.170. The average molecular weight is 378 g/mol. The molecule has 0 saturated carbocycles. The number of aromatic amines is 1. The van der Waals surface area contributed by atoms with Gasteiger partial charge in [0.2, 0.25) is 0 Å². The van der Waals surface area contributed by atoms with Gasteiger partial charge in [0.1, 0.15) is 6.04 Å². The van der Waals surface area contributed by atoms with Crippen molar-refractivity contribution in [3.63, 3.8) is 0 Å². The van der Waals surface area contributed by atoms with Gasteiger partial charge in [-0.1, -0.05) is 23.3 Å². The number of nitrogens with one attached hydrogen (secondary N) is 2. The van der Waals surface area contributed by atoms with Crippen molar-refractivity contribution in [2.24, 2.45) is 0 Å². The smallest absolute Gasteiger partial charge is 0.339 e. The molecule has 3 amide bonds. The summed E-state index contributed by atoms with van der Waals surface area (Å²) in [7, 11) is 0. The first-order valence-electron chi connectivity index (χ1n) is 8.39. The quantitative estimate of drug-likeness (QED) is 0.663. The number of nitrogens with zero attached hydrogens (tertiary/aromatic N) is 2. The molecule has 3 aromatic rings. The lowest BCUT2D eigenvalue weighted by atomic mass is 10.1. The number of hydrogen-bond acceptors (Lipinski definition) is 6. The van der Waals surface area contributed by atoms with Crippen molar-refractivity contribution in [1.82, 2.24) is 20.6 Å². The molecule has 9 nitrogen and oxygen atoms in total. The summed E-state index contributed by atoms with van der Waals surface area (Å²) in [5.74, 6) is -2.90. The van der Waals surface area contributed by atoms with Crippen LogP contribution in [0, 0.1) is 0 Å². The van der Waals surface area contributed by atoms with Gasteiger partial charge in [-0.25, -0.2) is 4.79 Å². The molecule has 1 unspecified atom stereocenters. The molecule has 0 fully saturated rings. The Morgan fingerprint density at radius 2 is 1.79 bits per heavy atom. The second-order valence-corrected chi connectivity index (χ2v) is 6.23. The monoisotopic (exact) mass is 378 g/mol. The Kier molecular flexibility index (Phi) is 4.11. The van der Waals surface area contributed by atoms with E-state index in [9.17, 15) is 19.2 Å². The molecule has 140 valence electrons. The van der Waals surface area contributed by atoms with Crippen molar-refractivity contribution < 1.29 is 24.0 Å². The lowest BCUT2D eigenvalue weighted by Gasteiger charge is -2.17. The third kappa shape index (κ3) is 2.88. The zero-order chi connectivity index (χ0) is 19.8. The van der Waals surface area contributed by atoms with E-state index in [2.05, 4.69) is 15.5 Å². The van der Waals surface area contributed by atoms with Gasteiger partial charge in [0.25, 0.3) is 17.7 Å². The Balaban J connectivity index is 1.43. The normalized spacial score (nSPS) is 14.1. The summed E-state index contributed by atoms with van der Waals surface area (Å²) in [6.45, 7) is 1.40. The van der Waals surface area contributed by atoms with Gasteiger partial charge in [0, 0.05) is 10.9 Å². The van der Waals surface area contributed by atoms with E-state index in [0.29, 0.717) is 16.1 Å². The highest BCUT2D eigenvalue weighted by molar-refractivity contribution is 6.21. The highest BCUT2D eigenvalue weighted by atomic mass is 16.7. The van der Waals surface area contributed by atoms with Crippen LogP contribution < -0.4 is 5.32 Å². The number of carbonyl (C=O) groups excluding carboxylic acids is 4. The van der Waals surface area contributed by atoms with Crippen molar-refractivity contribution in [3.05, 3.63) is 65.4 Å². The molecule has 28 heavy (non-hydrogen) atoms. The van der Waals surface area contributed by atoms with Crippen LogP contribution in [-0.2, 0) is 9.63 Å². The van der Waals surface area contributed by atoms with E-state index < -0.39 is 29.7 Å². The minimum absolute atomic E-state index is 0.157. The molecule has 1 aromatic heterocycles. The molecule has 0 radical (unpaired) electrons. The van der Waals surface area contributed by atoms with E-state index in [1.807, 2.05) is 0 Å². The van der Waals surface area contributed by atoms with Crippen molar-refractivity contribution in [2.75, 3.05) is 0 Å². The number of H-pyrrole nitrogens is 1. The summed E-state index contributed by atoms with van der Waals surface area (Å²) in [5, 5.41) is 10.4. The van der Waals surface area contributed by atoms with Crippen LogP contribution in [0.15, 0.2) is 48.7 Å². The Morgan fingerprint density at radius 3 is 2.46 bits per heavy atom. The SMILES string of the molecule is CC(NC(=O)c1ccc2cn[nH]c2c1)C(=O)ON1C(=O)c2ccccc2C1=O. The summed E-state index contributed by atoms with van der Waals surface area (Å²) in [4.78, 5) is 54.1. The van der Waals surface area contributed by atoms with Gasteiger partial charge in [-0.3, -0.25) is 19.5 Å². The number of fused-ring (bicyclic) bond motifs is 2. The van der Waals surface area contributed by atoms with Gasteiger partial charge in [0.15, 0.2) is 0 Å². The van der Waals surface area contributed by atoms with Crippen molar-refractivity contribution in [2.45, 2.75) is 13.0 Å². The van der Waals surface area contributed by atoms with Gasteiger partial charge in [-0.15, -0.1) is 0 Å². The minimum Gasteiger partial charge on any atom is -0.339 e. The maximum Gasteiger partial charge on any atom is 0.354 e. The zero-order valence-corrected chi connectivity index (χ0v) is 14.6. The lowest BCUT2D eigenvalue weighted by Crippen LogP contribution is -2.43. The Labute approximate surface area is 158 Å². The molecule has 4 rings (SSSR count). The van der Waals surface area contributed by atoms with Gasteiger partial charge in [-0.2, -0.15) is 5.10 Å². The highest BCUT2D eigenvalue weighted by Gasteiger charge is 2.39. The summed E-state index contributed by atoms with van der Waals surface area (Å²) in [5.41, 5.74) is 1.31. The number of carbonyl (C=O) groups is 4. The summed E-state index contributed by atoms with van der Waals surface area (Å²) >= 11 is 0. The van der Waals surface area contributed by atoms with Crippen molar-refractivity contribution in [3.8, 4) is 0 Å².